The molecular formula is C23H29FN2O3. The van der Waals surface area contributed by atoms with Crippen LogP contribution in [0.4, 0.5) is 4.39 Å². The van der Waals surface area contributed by atoms with Crippen molar-refractivity contribution in [3.63, 3.8) is 0 Å². The highest BCUT2D eigenvalue weighted by Gasteiger charge is 2.63. The lowest BCUT2D eigenvalue weighted by molar-refractivity contribution is -0.151. The molecule has 4 aliphatic carbocycles. The Morgan fingerprint density at radius 1 is 1.14 bits per heavy atom. The standard InChI is InChI=1S/C23H29FN2O3/c1-14(27)25-22-8-15-6-17(9-22)23(18(7-15)10-22,16-2-4-19(24)5-3-16)11-21(29)26-12-20(28)13-26/h2-5,15,17-18,20,28H,6-13H2,1H3,(H,25,27). The molecule has 0 radical (unpaired) electrons. The zero-order valence-corrected chi connectivity index (χ0v) is 16.9. The number of benzene rings is 1. The van der Waals surface area contributed by atoms with Crippen LogP contribution in [0.25, 0.3) is 0 Å². The average Bonchev–Trinajstić information content (AvgIpc) is 2.61. The number of β-amino-alcohol motifs (C(OH)–C–C–N with tert-alkyl or cyclic N) is 1. The van der Waals surface area contributed by atoms with Crippen molar-refractivity contribution < 1.29 is 19.1 Å². The fourth-order valence-electron chi connectivity index (χ4n) is 7.27. The molecule has 0 spiro atoms. The molecule has 6 rings (SSSR count). The molecule has 0 aromatic heterocycles. The first kappa shape index (κ1) is 19.0. The molecule has 5 aliphatic rings. The van der Waals surface area contributed by atoms with E-state index < -0.39 is 6.10 Å². The molecule has 1 aromatic rings. The van der Waals surface area contributed by atoms with E-state index in [4.69, 9.17) is 0 Å². The SMILES string of the molecule is CC(=O)NC12CC3CC(C1)C(CC(=O)N1CC(O)C1)(c1ccc(F)cc1)C(C3)C2. The summed E-state index contributed by atoms with van der Waals surface area (Å²) >= 11 is 0. The molecule has 1 saturated heterocycles. The van der Waals surface area contributed by atoms with Crippen LogP contribution >= 0.6 is 0 Å². The zero-order valence-electron chi connectivity index (χ0n) is 16.9. The largest absolute Gasteiger partial charge is 0.389 e. The monoisotopic (exact) mass is 400 g/mol. The summed E-state index contributed by atoms with van der Waals surface area (Å²) in [6.07, 6.45) is 4.91. The molecular weight excluding hydrogens is 371 g/mol. The number of aliphatic hydroxyl groups excluding tert-OH is 1. The maximum absolute atomic E-state index is 13.7. The van der Waals surface area contributed by atoms with Gasteiger partial charge in [-0.3, -0.25) is 9.59 Å². The number of likely N-dealkylation sites (tertiary alicyclic amines) is 1. The number of halogens is 1. The normalized spacial score (nSPS) is 38.0. The molecule has 6 heteroatoms. The number of carbonyl (C=O) groups excluding carboxylic acids is 2. The summed E-state index contributed by atoms with van der Waals surface area (Å²) in [6.45, 7) is 2.41. The number of amides is 2. The van der Waals surface area contributed by atoms with Crippen LogP contribution in [0, 0.1) is 23.6 Å². The van der Waals surface area contributed by atoms with Gasteiger partial charge in [0.05, 0.1) is 6.10 Å². The molecule has 2 N–H and O–H groups in total. The van der Waals surface area contributed by atoms with E-state index in [9.17, 15) is 19.1 Å². The first-order valence-electron chi connectivity index (χ1n) is 10.8. The van der Waals surface area contributed by atoms with Crippen LogP contribution in [0.3, 0.4) is 0 Å². The number of hydrogen-bond acceptors (Lipinski definition) is 3. The van der Waals surface area contributed by atoms with Crippen molar-refractivity contribution in [2.75, 3.05) is 13.1 Å². The predicted molar refractivity (Wildman–Crippen MR) is 105 cm³/mol. The van der Waals surface area contributed by atoms with Crippen LogP contribution in [0.15, 0.2) is 24.3 Å². The molecule has 156 valence electrons. The summed E-state index contributed by atoms with van der Waals surface area (Å²) in [5.41, 5.74) is 0.589. The van der Waals surface area contributed by atoms with E-state index in [1.807, 2.05) is 12.1 Å². The molecule has 1 heterocycles. The van der Waals surface area contributed by atoms with Gasteiger partial charge in [0.2, 0.25) is 11.8 Å². The lowest BCUT2D eigenvalue weighted by Gasteiger charge is -2.66. The Hall–Kier alpha value is -1.95. The second-order valence-electron chi connectivity index (χ2n) is 9.98. The van der Waals surface area contributed by atoms with Gasteiger partial charge in [0.25, 0.3) is 0 Å². The molecule has 5 nitrogen and oxygen atoms in total. The third-order valence-corrected chi connectivity index (χ3v) is 8.13. The topological polar surface area (TPSA) is 69.6 Å². The van der Waals surface area contributed by atoms with Crippen molar-refractivity contribution in [2.24, 2.45) is 17.8 Å². The minimum Gasteiger partial charge on any atom is -0.389 e. The van der Waals surface area contributed by atoms with Gasteiger partial charge in [-0.05, 0) is 67.6 Å². The summed E-state index contributed by atoms with van der Waals surface area (Å²) in [5, 5.41) is 12.9. The second-order valence-corrected chi connectivity index (χ2v) is 9.98. The van der Waals surface area contributed by atoms with E-state index in [1.165, 1.54) is 12.1 Å². The van der Waals surface area contributed by atoms with Crippen molar-refractivity contribution in [3.05, 3.63) is 35.6 Å². The Morgan fingerprint density at radius 2 is 1.76 bits per heavy atom. The zero-order chi connectivity index (χ0) is 20.4. The Balaban J connectivity index is 1.52. The molecule has 1 aliphatic heterocycles. The smallest absolute Gasteiger partial charge is 0.223 e. The van der Waals surface area contributed by atoms with Gasteiger partial charge in [-0.1, -0.05) is 12.1 Å². The van der Waals surface area contributed by atoms with Crippen molar-refractivity contribution in [2.45, 2.75) is 62.5 Å². The average molecular weight is 400 g/mol. The fourth-order valence-corrected chi connectivity index (χ4v) is 7.27. The highest BCUT2D eigenvalue weighted by Crippen LogP contribution is 2.65. The number of aliphatic hydroxyl groups is 1. The van der Waals surface area contributed by atoms with Crippen LogP contribution in [-0.4, -0.2) is 46.6 Å². The third-order valence-electron chi connectivity index (χ3n) is 8.13. The number of nitrogens with zero attached hydrogens (tertiary/aromatic N) is 1. The van der Waals surface area contributed by atoms with E-state index in [0.717, 1.165) is 37.7 Å². The summed E-state index contributed by atoms with van der Waals surface area (Å²) < 4.78 is 13.7. The van der Waals surface area contributed by atoms with Gasteiger partial charge < -0.3 is 15.3 Å². The van der Waals surface area contributed by atoms with E-state index in [-0.39, 0.29) is 28.6 Å². The number of rotatable bonds is 4. The number of hydrogen-bond donors (Lipinski definition) is 2. The quantitative estimate of drug-likeness (QED) is 0.815. The third kappa shape index (κ3) is 2.98. The Kier molecular flexibility index (Phi) is 4.28. The maximum atomic E-state index is 13.7. The summed E-state index contributed by atoms with van der Waals surface area (Å²) in [5.74, 6) is 1.00. The second kappa shape index (κ2) is 6.53. The summed E-state index contributed by atoms with van der Waals surface area (Å²) in [6, 6.07) is 6.73. The van der Waals surface area contributed by atoms with Crippen molar-refractivity contribution in [1.82, 2.24) is 10.2 Å². The minimum absolute atomic E-state index is 0.0185. The Morgan fingerprint density at radius 3 is 2.31 bits per heavy atom. The maximum Gasteiger partial charge on any atom is 0.223 e. The molecule has 1 aromatic carbocycles. The van der Waals surface area contributed by atoms with E-state index in [0.29, 0.717) is 37.3 Å². The molecule has 2 amide bonds. The van der Waals surface area contributed by atoms with E-state index in [2.05, 4.69) is 5.32 Å². The summed E-state index contributed by atoms with van der Waals surface area (Å²) in [7, 11) is 0. The van der Waals surface area contributed by atoms with Gasteiger partial charge in [-0.15, -0.1) is 0 Å². The number of carbonyl (C=O) groups is 2. The fraction of sp³-hybridized carbons (Fsp3) is 0.652. The molecule has 5 fully saturated rings. The minimum atomic E-state index is -0.415. The highest BCUT2D eigenvalue weighted by molar-refractivity contribution is 5.79. The molecule has 2 atom stereocenters. The molecule has 4 saturated carbocycles. The van der Waals surface area contributed by atoms with Crippen molar-refractivity contribution >= 4 is 11.8 Å². The predicted octanol–water partition coefficient (Wildman–Crippen LogP) is 2.37. The van der Waals surface area contributed by atoms with E-state index >= 15 is 0 Å². The van der Waals surface area contributed by atoms with Crippen LogP contribution in [0.5, 0.6) is 0 Å². The van der Waals surface area contributed by atoms with Gasteiger partial charge in [0.1, 0.15) is 5.82 Å². The highest BCUT2D eigenvalue weighted by atomic mass is 19.1. The Bertz CT molecular complexity index is 817. The van der Waals surface area contributed by atoms with Gasteiger partial charge in [0.15, 0.2) is 0 Å². The first-order chi connectivity index (χ1) is 13.8. The lowest BCUT2D eigenvalue weighted by atomic mass is 9.41. The van der Waals surface area contributed by atoms with Crippen molar-refractivity contribution in [3.8, 4) is 0 Å². The van der Waals surface area contributed by atoms with E-state index in [1.54, 1.807) is 11.8 Å². The lowest BCUT2D eigenvalue weighted by Crippen LogP contribution is -2.67. The molecule has 4 bridgehead atoms. The first-order valence-corrected chi connectivity index (χ1v) is 10.8. The Labute approximate surface area is 170 Å². The van der Waals surface area contributed by atoms with Gasteiger partial charge in [-0.25, -0.2) is 4.39 Å². The van der Waals surface area contributed by atoms with Crippen LogP contribution in [0.2, 0.25) is 0 Å². The van der Waals surface area contributed by atoms with Gasteiger partial charge in [0, 0.05) is 37.4 Å². The summed E-state index contributed by atoms with van der Waals surface area (Å²) in [4.78, 5) is 26.8. The molecule has 2 unspecified atom stereocenters. The van der Waals surface area contributed by atoms with Gasteiger partial charge >= 0.3 is 0 Å². The van der Waals surface area contributed by atoms with Crippen LogP contribution < -0.4 is 5.32 Å². The van der Waals surface area contributed by atoms with Crippen LogP contribution in [0.1, 0.15) is 51.0 Å². The van der Waals surface area contributed by atoms with Gasteiger partial charge in [-0.2, -0.15) is 0 Å². The van der Waals surface area contributed by atoms with Crippen molar-refractivity contribution in [1.29, 1.82) is 0 Å². The molecule has 29 heavy (non-hydrogen) atoms. The van der Waals surface area contributed by atoms with Crippen LogP contribution in [-0.2, 0) is 15.0 Å². The number of nitrogens with one attached hydrogen (secondary N) is 1.